The molecular weight excluding hydrogens is 271 g/mol. The number of halogens is 3. The highest BCUT2D eigenvalue weighted by Crippen LogP contribution is 2.45. The summed E-state index contributed by atoms with van der Waals surface area (Å²) in [5.41, 5.74) is 3.80. The summed E-state index contributed by atoms with van der Waals surface area (Å²) >= 11 is 0. The first-order chi connectivity index (χ1) is 9.32. The van der Waals surface area contributed by atoms with Gasteiger partial charge in [0, 0.05) is 6.54 Å². The average molecular weight is 283 g/mol. The van der Waals surface area contributed by atoms with Crippen LogP contribution in [0, 0.1) is 16.7 Å². The smallest absolute Gasteiger partial charge is 0.329 e. The number of nitrogens with two attached hydrogens (primary N) is 1. The van der Waals surface area contributed by atoms with Crippen molar-refractivity contribution in [1.82, 2.24) is 0 Å². The molecule has 7 heteroatoms. The first-order valence-corrected chi connectivity index (χ1v) is 5.95. The van der Waals surface area contributed by atoms with Crippen LogP contribution in [0.25, 0.3) is 0 Å². The first kappa shape index (κ1) is 14.3. The number of hydrogen-bond acceptors (Lipinski definition) is 3. The van der Waals surface area contributed by atoms with Gasteiger partial charge < -0.3 is 11.1 Å². The van der Waals surface area contributed by atoms with E-state index in [4.69, 9.17) is 11.0 Å². The van der Waals surface area contributed by atoms with Crippen molar-refractivity contribution < 1.29 is 18.0 Å². The maximum Gasteiger partial charge on any atom is 0.416 e. The molecule has 0 radical (unpaired) electrons. The Kier molecular flexibility index (Phi) is 3.44. The number of carbonyl (C=O) groups is 1. The lowest BCUT2D eigenvalue weighted by Crippen LogP contribution is -2.31. The van der Waals surface area contributed by atoms with Crippen molar-refractivity contribution in [1.29, 1.82) is 5.26 Å². The lowest BCUT2D eigenvalue weighted by molar-refractivity contribution is -0.137. The average Bonchev–Trinajstić information content (AvgIpc) is 3.18. The highest BCUT2D eigenvalue weighted by Gasteiger charge is 2.48. The lowest BCUT2D eigenvalue weighted by atomic mass is 10.1. The second kappa shape index (κ2) is 4.80. The maximum absolute atomic E-state index is 12.5. The zero-order valence-electron chi connectivity index (χ0n) is 10.4. The third-order valence-corrected chi connectivity index (χ3v) is 3.44. The molecule has 0 bridgehead atoms. The zero-order valence-corrected chi connectivity index (χ0v) is 10.4. The Bertz CT molecular complexity index is 586. The number of amides is 1. The van der Waals surface area contributed by atoms with Gasteiger partial charge in [0.15, 0.2) is 0 Å². The fourth-order valence-electron chi connectivity index (χ4n) is 1.85. The summed E-state index contributed by atoms with van der Waals surface area (Å²) in [6, 6.07) is 4.30. The third-order valence-electron chi connectivity index (χ3n) is 3.44. The minimum absolute atomic E-state index is 0.0743. The van der Waals surface area contributed by atoms with Crippen molar-refractivity contribution in [2.24, 2.45) is 11.1 Å². The molecule has 0 saturated heterocycles. The van der Waals surface area contributed by atoms with E-state index in [0.29, 0.717) is 12.8 Å². The Morgan fingerprint density at radius 3 is 2.55 bits per heavy atom. The van der Waals surface area contributed by atoms with E-state index in [9.17, 15) is 18.0 Å². The molecule has 1 aromatic carbocycles. The van der Waals surface area contributed by atoms with Crippen LogP contribution in [-0.2, 0) is 11.0 Å². The summed E-state index contributed by atoms with van der Waals surface area (Å²) in [6.07, 6.45) is -3.22. The van der Waals surface area contributed by atoms with Gasteiger partial charge in [0.05, 0.1) is 22.2 Å². The second-order valence-corrected chi connectivity index (χ2v) is 4.81. The van der Waals surface area contributed by atoms with Crippen LogP contribution in [0.1, 0.15) is 24.0 Å². The second-order valence-electron chi connectivity index (χ2n) is 4.81. The molecule has 0 unspecified atom stereocenters. The van der Waals surface area contributed by atoms with Crippen LogP contribution in [0.3, 0.4) is 0 Å². The molecule has 4 nitrogen and oxygen atoms in total. The highest BCUT2D eigenvalue weighted by molar-refractivity contribution is 5.98. The summed E-state index contributed by atoms with van der Waals surface area (Å²) in [7, 11) is 0. The van der Waals surface area contributed by atoms with Crippen LogP contribution in [0.2, 0.25) is 0 Å². The molecule has 0 spiro atoms. The van der Waals surface area contributed by atoms with E-state index in [1.807, 2.05) is 0 Å². The van der Waals surface area contributed by atoms with E-state index < -0.39 is 17.2 Å². The normalized spacial score (nSPS) is 16.4. The number of carbonyl (C=O) groups excluding carboxylic acids is 1. The molecule has 0 aliphatic heterocycles. The van der Waals surface area contributed by atoms with Crippen molar-refractivity contribution in [3.63, 3.8) is 0 Å². The Morgan fingerprint density at radius 2 is 2.10 bits per heavy atom. The summed E-state index contributed by atoms with van der Waals surface area (Å²) in [4.78, 5) is 12.0. The molecule has 0 aromatic heterocycles. The lowest BCUT2D eigenvalue weighted by Gasteiger charge is -2.15. The summed E-state index contributed by atoms with van der Waals surface area (Å²) < 4.78 is 37.6. The van der Waals surface area contributed by atoms with Crippen LogP contribution in [0.5, 0.6) is 0 Å². The molecule has 1 amide bonds. The number of benzene rings is 1. The Morgan fingerprint density at radius 1 is 1.45 bits per heavy atom. The number of hydrogen-bond donors (Lipinski definition) is 2. The van der Waals surface area contributed by atoms with E-state index in [-0.39, 0.29) is 23.7 Å². The largest absolute Gasteiger partial charge is 0.416 e. The van der Waals surface area contributed by atoms with Gasteiger partial charge in [-0.3, -0.25) is 4.79 Å². The predicted octanol–water partition coefficient (Wildman–Crippen LogP) is 2.25. The quantitative estimate of drug-likeness (QED) is 0.893. The molecule has 2 rings (SSSR count). The molecular formula is C13H12F3N3O. The van der Waals surface area contributed by atoms with Crippen LogP contribution >= 0.6 is 0 Å². The van der Waals surface area contributed by atoms with Gasteiger partial charge in [-0.05, 0) is 31.0 Å². The molecule has 106 valence electrons. The predicted molar refractivity (Wildman–Crippen MR) is 65.5 cm³/mol. The Hall–Kier alpha value is -2.07. The van der Waals surface area contributed by atoms with Gasteiger partial charge in [-0.2, -0.15) is 18.4 Å². The maximum atomic E-state index is 12.5. The van der Waals surface area contributed by atoms with Crippen molar-refractivity contribution in [3.8, 4) is 6.07 Å². The van der Waals surface area contributed by atoms with Crippen molar-refractivity contribution in [3.05, 3.63) is 29.3 Å². The fourth-order valence-corrected chi connectivity index (χ4v) is 1.85. The molecule has 0 heterocycles. The molecule has 1 saturated carbocycles. The molecule has 0 atom stereocenters. The van der Waals surface area contributed by atoms with E-state index >= 15 is 0 Å². The van der Waals surface area contributed by atoms with Crippen molar-refractivity contribution in [2.75, 3.05) is 11.9 Å². The fraction of sp³-hybridized carbons (Fsp3) is 0.385. The van der Waals surface area contributed by atoms with Gasteiger partial charge in [-0.25, -0.2) is 0 Å². The number of anilines is 1. The van der Waals surface area contributed by atoms with E-state index in [0.717, 1.165) is 18.2 Å². The highest BCUT2D eigenvalue weighted by atomic mass is 19.4. The summed E-state index contributed by atoms with van der Waals surface area (Å²) in [6.45, 7) is 0.182. The topological polar surface area (TPSA) is 78.9 Å². The minimum Gasteiger partial charge on any atom is -0.329 e. The number of nitrogens with one attached hydrogen (secondary N) is 1. The number of alkyl halides is 3. The van der Waals surface area contributed by atoms with Gasteiger partial charge in [0.2, 0.25) is 5.91 Å². The van der Waals surface area contributed by atoms with Gasteiger partial charge in [0.25, 0.3) is 0 Å². The standard InChI is InChI=1S/C13H12F3N3O/c14-13(15,16)9-1-2-10(8(5-9)6-17)19-11(20)12(7-18)3-4-12/h1-2,5H,3-4,7,18H2,(H,19,20). The molecule has 3 N–H and O–H groups in total. The first-order valence-electron chi connectivity index (χ1n) is 5.95. The number of nitrogens with zero attached hydrogens (tertiary/aromatic N) is 1. The monoisotopic (exact) mass is 283 g/mol. The summed E-state index contributed by atoms with van der Waals surface area (Å²) in [5, 5.41) is 11.4. The Balaban J connectivity index is 2.25. The van der Waals surface area contributed by atoms with Crippen LogP contribution < -0.4 is 11.1 Å². The Labute approximate surface area is 113 Å². The number of nitriles is 1. The molecule has 1 fully saturated rings. The molecule has 20 heavy (non-hydrogen) atoms. The van der Waals surface area contributed by atoms with Gasteiger partial charge in [-0.15, -0.1) is 0 Å². The molecule has 1 aromatic rings. The van der Waals surface area contributed by atoms with Gasteiger partial charge in [0.1, 0.15) is 6.07 Å². The van der Waals surface area contributed by atoms with Crippen molar-refractivity contribution >= 4 is 11.6 Å². The summed E-state index contributed by atoms with van der Waals surface area (Å²) in [5.74, 6) is -0.351. The third kappa shape index (κ3) is 2.60. The molecule has 1 aliphatic rings. The van der Waals surface area contributed by atoms with E-state index in [2.05, 4.69) is 5.32 Å². The zero-order chi connectivity index (χ0) is 15.0. The van der Waals surface area contributed by atoms with E-state index in [1.165, 1.54) is 0 Å². The van der Waals surface area contributed by atoms with Gasteiger partial charge in [-0.1, -0.05) is 0 Å². The van der Waals surface area contributed by atoms with Crippen LogP contribution in [0.4, 0.5) is 18.9 Å². The van der Waals surface area contributed by atoms with Crippen LogP contribution in [-0.4, -0.2) is 12.5 Å². The van der Waals surface area contributed by atoms with Crippen LogP contribution in [0.15, 0.2) is 18.2 Å². The molecule has 1 aliphatic carbocycles. The SMILES string of the molecule is N#Cc1cc(C(F)(F)F)ccc1NC(=O)C1(CN)CC1. The van der Waals surface area contributed by atoms with Gasteiger partial charge >= 0.3 is 6.18 Å². The van der Waals surface area contributed by atoms with E-state index in [1.54, 1.807) is 6.07 Å². The minimum atomic E-state index is -4.52. The van der Waals surface area contributed by atoms with Crippen molar-refractivity contribution in [2.45, 2.75) is 19.0 Å². The number of rotatable bonds is 3.